The highest BCUT2D eigenvalue weighted by atomic mass is 16.5. The molecule has 3 N–H and O–H groups in total. The van der Waals surface area contributed by atoms with E-state index in [1.54, 1.807) is 13.0 Å². The summed E-state index contributed by atoms with van der Waals surface area (Å²) in [5, 5.41) is 14.2. The molecule has 2 aromatic carbocycles. The Labute approximate surface area is 187 Å². The minimum absolute atomic E-state index is 0.0925. The summed E-state index contributed by atoms with van der Waals surface area (Å²) in [6.07, 6.45) is 1.91. The first kappa shape index (κ1) is 23.1. The molecule has 2 aromatic rings. The number of fused-ring (bicyclic) bond motifs is 3. The van der Waals surface area contributed by atoms with Crippen LogP contribution in [0.2, 0.25) is 0 Å². The predicted molar refractivity (Wildman–Crippen MR) is 121 cm³/mol. The monoisotopic (exact) mass is 436 g/mol. The lowest BCUT2D eigenvalue weighted by Crippen LogP contribution is -2.51. The van der Waals surface area contributed by atoms with Gasteiger partial charge in [0.05, 0.1) is 0 Å². The molecule has 0 aromatic heterocycles. The van der Waals surface area contributed by atoms with Gasteiger partial charge < -0.3 is 20.5 Å². The maximum atomic E-state index is 12.6. The number of carboxylic acid groups (broad SMARTS) is 1. The number of allylic oxidation sites excluding steroid dienone is 1. The average molecular weight is 437 g/mol. The summed E-state index contributed by atoms with van der Waals surface area (Å²) in [5.74, 6) is -1.77. The number of nitrogens with one attached hydrogen (secondary N) is 2. The van der Waals surface area contributed by atoms with E-state index in [0.717, 1.165) is 22.3 Å². The van der Waals surface area contributed by atoms with Crippen LogP contribution in [0.1, 0.15) is 43.2 Å². The molecule has 0 saturated carbocycles. The van der Waals surface area contributed by atoms with Crippen molar-refractivity contribution in [2.75, 3.05) is 6.61 Å². The molecule has 7 nitrogen and oxygen atoms in total. The van der Waals surface area contributed by atoms with Crippen LogP contribution in [0.5, 0.6) is 0 Å². The van der Waals surface area contributed by atoms with Gasteiger partial charge in [-0.3, -0.25) is 4.79 Å². The molecule has 2 atom stereocenters. The average Bonchev–Trinajstić information content (AvgIpc) is 3.12. The molecule has 0 radical (unpaired) electrons. The molecule has 0 fully saturated rings. The summed E-state index contributed by atoms with van der Waals surface area (Å²) in [6.45, 7) is 5.43. The summed E-state index contributed by atoms with van der Waals surface area (Å²) in [6, 6.07) is 14.1. The Balaban J connectivity index is 1.66. The summed E-state index contributed by atoms with van der Waals surface area (Å²) < 4.78 is 5.51. The molecule has 1 unspecified atom stereocenters. The summed E-state index contributed by atoms with van der Waals surface area (Å²) >= 11 is 0. The number of alkyl carbamates (subject to hydrolysis) is 1. The molecule has 3 rings (SSSR count). The molecule has 1 aliphatic rings. The number of carboxylic acids is 1. The molecule has 0 heterocycles. The second-order valence-electron chi connectivity index (χ2n) is 7.70. The first-order chi connectivity index (χ1) is 15.5. The van der Waals surface area contributed by atoms with Crippen molar-refractivity contribution >= 4 is 18.0 Å². The third-order valence-corrected chi connectivity index (χ3v) is 5.63. The second-order valence-corrected chi connectivity index (χ2v) is 7.70. The van der Waals surface area contributed by atoms with E-state index in [9.17, 15) is 19.5 Å². The molecule has 0 aliphatic heterocycles. The Hall–Kier alpha value is -3.61. The van der Waals surface area contributed by atoms with E-state index < -0.39 is 30.1 Å². The van der Waals surface area contributed by atoms with E-state index in [1.165, 1.54) is 0 Å². The van der Waals surface area contributed by atoms with Crippen LogP contribution >= 0.6 is 0 Å². The lowest BCUT2D eigenvalue weighted by atomic mass is 9.98. The number of ether oxygens (including phenoxy) is 1. The number of hydrogen-bond acceptors (Lipinski definition) is 4. The van der Waals surface area contributed by atoms with Gasteiger partial charge in [-0.1, -0.05) is 61.5 Å². The van der Waals surface area contributed by atoms with Crippen molar-refractivity contribution in [3.8, 4) is 11.1 Å². The third kappa shape index (κ3) is 5.17. The zero-order chi connectivity index (χ0) is 23.1. The maximum Gasteiger partial charge on any atom is 0.407 e. The van der Waals surface area contributed by atoms with Gasteiger partial charge in [-0.25, -0.2) is 9.59 Å². The highest BCUT2D eigenvalue weighted by Gasteiger charge is 2.30. The molecule has 2 amide bonds. The normalized spacial score (nSPS) is 13.9. The summed E-state index contributed by atoms with van der Waals surface area (Å²) in [5.41, 5.74) is 4.43. The summed E-state index contributed by atoms with van der Waals surface area (Å²) in [4.78, 5) is 36.3. The number of carbonyl (C=O) groups excluding carboxylic acids is 2. The highest BCUT2D eigenvalue weighted by molar-refractivity contribution is 5.89. The SMILES string of the molecule is C=CCCC(NC(=O)OCC1c2ccccc2-c2ccccc21)C(=O)N[C@@H](CC)C(=O)O. The van der Waals surface area contributed by atoms with E-state index in [2.05, 4.69) is 29.3 Å². The molecular formula is C25H28N2O5. The zero-order valence-corrected chi connectivity index (χ0v) is 18.0. The van der Waals surface area contributed by atoms with Crippen LogP contribution in [0.15, 0.2) is 61.2 Å². The van der Waals surface area contributed by atoms with Gasteiger partial charge in [0.25, 0.3) is 0 Å². The first-order valence-electron chi connectivity index (χ1n) is 10.7. The number of carbonyl (C=O) groups is 3. The second kappa shape index (κ2) is 10.6. The van der Waals surface area contributed by atoms with Gasteiger partial charge >= 0.3 is 12.1 Å². The van der Waals surface area contributed by atoms with Gasteiger partial charge in [-0.05, 0) is 41.5 Å². The lowest BCUT2D eigenvalue weighted by molar-refractivity contribution is -0.142. The minimum Gasteiger partial charge on any atom is -0.480 e. The fraction of sp³-hybridized carbons (Fsp3) is 0.320. The number of rotatable bonds is 10. The van der Waals surface area contributed by atoms with Gasteiger partial charge in [0.2, 0.25) is 5.91 Å². The van der Waals surface area contributed by atoms with Crippen LogP contribution in [0.4, 0.5) is 4.79 Å². The van der Waals surface area contributed by atoms with E-state index in [0.29, 0.717) is 6.42 Å². The van der Waals surface area contributed by atoms with Crippen LogP contribution in [0.3, 0.4) is 0 Å². The lowest BCUT2D eigenvalue weighted by Gasteiger charge is -2.21. The highest BCUT2D eigenvalue weighted by Crippen LogP contribution is 2.44. The van der Waals surface area contributed by atoms with Crippen LogP contribution in [-0.4, -0.2) is 41.8 Å². The van der Waals surface area contributed by atoms with Crippen molar-refractivity contribution < 1.29 is 24.2 Å². The van der Waals surface area contributed by atoms with Gasteiger partial charge in [-0.15, -0.1) is 6.58 Å². The van der Waals surface area contributed by atoms with Crippen molar-refractivity contribution in [3.05, 3.63) is 72.3 Å². The standard InChI is InChI=1S/C25H28N2O5/c1-3-5-14-22(23(28)26-21(4-2)24(29)30)27-25(31)32-15-20-18-12-8-6-10-16(18)17-11-7-9-13-19(17)20/h3,6-13,20-22H,1,4-5,14-15H2,2H3,(H,26,28)(H,27,31)(H,29,30)/t21-,22?/m0/s1. The third-order valence-electron chi connectivity index (χ3n) is 5.63. The predicted octanol–water partition coefficient (Wildman–Crippen LogP) is 3.84. The van der Waals surface area contributed by atoms with Gasteiger partial charge in [0.15, 0.2) is 0 Å². The minimum atomic E-state index is -1.12. The Kier molecular flexibility index (Phi) is 7.65. The van der Waals surface area contributed by atoms with E-state index in [1.807, 2.05) is 36.4 Å². The fourth-order valence-corrected chi connectivity index (χ4v) is 3.95. The molecule has 168 valence electrons. The molecule has 32 heavy (non-hydrogen) atoms. The van der Waals surface area contributed by atoms with Crippen molar-refractivity contribution in [2.24, 2.45) is 0 Å². The van der Waals surface area contributed by atoms with Gasteiger partial charge in [0.1, 0.15) is 18.7 Å². The Morgan fingerprint density at radius 1 is 1.03 bits per heavy atom. The molecule has 7 heteroatoms. The molecule has 0 spiro atoms. The molecule has 0 saturated heterocycles. The zero-order valence-electron chi connectivity index (χ0n) is 18.0. The van der Waals surface area contributed by atoms with Crippen molar-refractivity contribution in [2.45, 2.75) is 44.2 Å². The van der Waals surface area contributed by atoms with Crippen LogP contribution in [0, 0.1) is 0 Å². The van der Waals surface area contributed by atoms with Crippen molar-refractivity contribution in [1.82, 2.24) is 10.6 Å². The quantitative estimate of drug-likeness (QED) is 0.491. The van der Waals surface area contributed by atoms with Crippen LogP contribution in [-0.2, 0) is 14.3 Å². The van der Waals surface area contributed by atoms with E-state index in [4.69, 9.17) is 4.74 Å². The van der Waals surface area contributed by atoms with Crippen LogP contribution in [0.25, 0.3) is 11.1 Å². The maximum absolute atomic E-state index is 12.6. The van der Waals surface area contributed by atoms with Crippen LogP contribution < -0.4 is 10.6 Å². The Bertz CT molecular complexity index is 958. The fourth-order valence-electron chi connectivity index (χ4n) is 3.95. The molecule has 1 aliphatic carbocycles. The Morgan fingerprint density at radius 2 is 1.62 bits per heavy atom. The summed E-state index contributed by atoms with van der Waals surface area (Å²) in [7, 11) is 0. The topological polar surface area (TPSA) is 105 Å². The number of hydrogen-bond donors (Lipinski definition) is 3. The Morgan fingerprint density at radius 3 is 2.16 bits per heavy atom. The number of aliphatic carboxylic acids is 1. The number of amides is 2. The first-order valence-corrected chi connectivity index (χ1v) is 10.7. The van der Waals surface area contributed by atoms with Crippen molar-refractivity contribution in [3.63, 3.8) is 0 Å². The molecular weight excluding hydrogens is 408 g/mol. The van der Waals surface area contributed by atoms with Gasteiger partial charge in [-0.2, -0.15) is 0 Å². The molecule has 0 bridgehead atoms. The number of benzene rings is 2. The van der Waals surface area contributed by atoms with E-state index >= 15 is 0 Å². The smallest absolute Gasteiger partial charge is 0.407 e. The van der Waals surface area contributed by atoms with Crippen molar-refractivity contribution in [1.29, 1.82) is 0 Å². The van der Waals surface area contributed by atoms with E-state index in [-0.39, 0.29) is 25.4 Å². The van der Waals surface area contributed by atoms with Gasteiger partial charge in [0, 0.05) is 5.92 Å². The largest absolute Gasteiger partial charge is 0.480 e.